The molecule has 1 aromatic heterocycles. The van der Waals surface area contributed by atoms with Crippen molar-refractivity contribution in [1.82, 2.24) is 5.10 Å². The van der Waals surface area contributed by atoms with Crippen LogP contribution in [0.1, 0.15) is 0 Å². The highest BCUT2D eigenvalue weighted by atomic mass is 35.5. The fourth-order valence-electron chi connectivity index (χ4n) is 0.517. The summed E-state index contributed by atoms with van der Waals surface area (Å²) >= 11 is 5.40. The summed E-state index contributed by atoms with van der Waals surface area (Å²) < 4.78 is 5.13. The van der Waals surface area contributed by atoms with Crippen LogP contribution in [0.2, 0.25) is 5.15 Å². The number of halogens is 1. The first kappa shape index (κ1) is 7.08. The molecule has 0 amide bonds. The molecule has 10 heavy (non-hydrogen) atoms. The minimum atomic E-state index is 0.0841. The van der Waals surface area contributed by atoms with Crippen LogP contribution >= 0.6 is 11.6 Å². The number of nitrogens with zero attached hydrogens (tertiary/aromatic N) is 1. The van der Waals surface area contributed by atoms with Gasteiger partial charge in [0.25, 0.3) is 0 Å². The molecule has 0 aliphatic rings. The molecule has 0 unspecified atom stereocenters. The number of hydrogen-bond donors (Lipinski definition) is 1. The maximum atomic E-state index is 10.6. The minimum absolute atomic E-state index is 0.0841. The van der Waals surface area contributed by atoms with Gasteiger partial charge < -0.3 is 4.74 Å². The minimum Gasteiger partial charge on any atom is -0.479 e. The Labute approximate surface area is 62.0 Å². The highest BCUT2D eigenvalue weighted by molar-refractivity contribution is 6.28. The highest BCUT2D eigenvalue weighted by Crippen LogP contribution is 2.03. The molecule has 0 fully saturated rings. The molecular formula is C5H6ClN2O2+. The largest absolute Gasteiger partial charge is 0.479 e. The summed E-state index contributed by atoms with van der Waals surface area (Å²) in [5.41, 5.74) is 0. The molecule has 0 atom stereocenters. The van der Waals surface area contributed by atoms with Crippen LogP contribution in [0.5, 0.6) is 5.88 Å². The number of ether oxygens (including phenoxy) is 1. The van der Waals surface area contributed by atoms with E-state index in [0.29, 0.717) is 10.4 Å². The molecule has 5 heteroatoms. The Kier molecular flexibility index (Phi) is 1.91. The smallest absolute Gasteiger partial charge is 0.360 e. The third-order valence-corrected chi connectivity index (χ3v) is 1.28. The lowest BCUT2D eigenvalue weighted by atomic mass is 10.6. The number of aromatic nitrogens is 2. The summed E-state index contributed by atoms with van der Waals surface area (Å²) in [5, 5.41) is 2.42. The van der Waals surface area contributed by atoms with E-state index >= 15 is 0 Å². The van der Waals surface area contributed by atoms with E-state index in [4.69, 9.17) is 16.3 Å². The quantitative estimate of drug-likeness (QED) is 0.613. The van der Waals surface area contributed by atoms with E-state index in [1.807, 2.05) is 0 Å². The van der Waals surface area contributed by atoms with E-state index in [1.165, 1.54) is 13.2 Å². The first-order valence-electron chi connectivity index (χ1n) is 2.59. The van der Waals surface area contributed by atoms with Gasteiger partial charge in [-0.2, -0.15) is 0 Å². The Balaban J connectivity index is 3.17. The molecule has 0 bridgehead atoms. The van der Waals surface area contributed by atoms with Gasteiger partial charge in [0, 0.05) is 12.1 Å². The zero-order chi connectivity index (χ0) is 7.56. The van der Waals surface area contributed by atoms with Crippen LogP contribution < -0.4 is 9.28 Å². The molecule has 54 valence electrons. The molecule has 0 saturated carbocycles. The van der Waals surface area contributed by atoms with Crippen molar-refractivity contribution in [2.45, 2.75) is 0 Å². The SMILES string of the molecule is COc1ccc(Cl)[n+](=O)[nH]1. The second kappa shape index (κ2) is 2.70. The Morgan fingerprint density at radius 1 is 1.70 bits per heavy atom. The Bertz CT molecular complexity index is 283. The van der Waals surface area contributed by atoms with Gasteiger partial charge in [-0.05, 0) is 11.6 Å². The highest BCUT2D eigenvalue weighted by Gasteiger charge is 2.04. The lowest BCUT2D eigenvalue weighted by molar-refractivity contribution is -0.562. The van der Waals surface area contributed by atoms with Gasteiger partial charge in [0.15, 0.2) is 4.54 Å². The molecule has 0 saturated heterocycles. The van der Waals surface area contributed by atoms with E-state index in [0.717, 1.165) is 0 Å². The Morgan fingerprint density at radius 2 is 2.40 bits per heavy atom. The van der Waals surface area contributed by atoms with Crippen molar-refractivity contribution in [2.75, 3.05) is 7.11 Å². The Hall–Kier alpha value is -1.03. The summed E-state index contributed by atoms with van der Waals surface area (Å²) in [5.74, 6) is 0.374. The van der Waals surface area contributed by atoms with Gasteiger partial charge in [0.1, 0.15) is 0 Å². The van der Waals surface area contributed by atoms with E-state index < -0.39 is 0 Å². The zero-order valence-electron chi connectivity index (χ0n) is 5.30. The fourth-order valence-corrected chi connectivity index (χ4v) is 0.622. The molecule has 1 rings (SSSR count). The van der Waals surface area contributed by atoms with Gasteiger partial charge in [-0.25, -0.2) is 0 Å². The number of hydrogen-bond acceptors (Lipinski definition) is 2. The first-order valence-corrected chi connectivity index (χ1v) is 2.97. The summed E-state index contributed by atoms with van der Waals surface area (Å²) in [6, 6.07) is 3.01. The molecule has 4 nitrogen and oxygen atoms in total. The third-order valence-electron chi connectivity index (χ3n) is 0.998. The monoisotopic (exact) mass is 161 g/mol. The van der Waals surface area contributed by atoms with Crippen LogP contribution in [-0.2, 0) is 0 Å². The van der Waals surface area contributed by atoms with Crippen molar-refractivity contribution in [1.29, 1.82) is 0 Å². The van der Waals surface area contributed by atoms with E-state index in [2.05, 4.69) is 5.10 Å². The van der Waals surface area contributed by atoms with Crippen molar-refractivity contribution in [3.05, 3.63) is 22.2 Å². The average molecular weight is 162 g/mol. The second-order valence-electron chi connectivity index (χ2n) is 1.63. The lowest BCUT2D eigenvalue weighted by Gasteiger charge is -1.90. The molecule has 0 spiro atoms. The zero-order valence-corrected chi connectivity index (χ0v) is 6.05. The van der Waals surface area contributed by atoms with Gasteiger partial charge in [-0.3, -0.25) is 0 Å². The van der Waals surface area contributed by atoms with E-state index in [1.54, 1.807) is 6.07 Å². The number of rotatable bonds is 1. The predicted octanol–water partition coefficient (Wildman–Crippen LogP) is 0.591. The molecule has 1 heterocycles. The van der Waals surface area contributed by atoms with Crippen LogP contribution in [0.4, 0.5) is 0 Å². The van der Waals surface area contributed by atoms with Crippen molar-refractivity contribution in [3.8, 4) is 5.88 Å². The maximum absolute atomic E-state index is 10.6. The summed E-state index contributed by atoms with van der Waals surface area (Å²) in [7, 11) is 1.46. The molecule has 1 N–H and O–H groups in total. The van der Waals surface area contributed by atoms with Gasteiger partial charge in [-0.1, -0.05) is 5.10 Å². The number of H-pyrrole nitrogens is 1. The van der Waals surface area contributed by atoms with E-state index in [9.17, 15) is 4.91 Å². The molecule has 1 aromatic rings. The topological polar surface area (TPSA) is 48.0 Å². The second-order valence-corrected chi connectivity index (χ2v) is 2.02. The van der Waals surface area contributed by atoms with E-state index in [-0.39, 0.29) is 5.15 Å². The first-order chi connectivity index (χ1) is 4.74. The summed E-state index contributed by atoms with van der Waals surface area (Å²) in [6.45, 7) is 0. The van der Waals surface area contributed by atoms with Crippen LogP contribution in [0.25, 0.3) is 0 Å². The lowest BCUT2D eigenvalue weighted by Crippen LogP contribution is -2.20. The number of methoxy groups -OCH3 is 1. The van der Waals surface area contributed by atoms with Crippen molar-refractivity contribution < 1.29 is 9.28 Å². The summed E-state index contributed by atoms with van der Waals surface area (Å²) in [6.07, 6.45) is 0. The van der Waals surface area contributed by atoms with Crippen LogP contribution in [0.15, 0.2) is 12.1 Å². The molecular weight excluding hydrogens is 156 g/mol. The van der Waals surface area contributed by atoms with Crippen molar-refractivity contribution in [2.24, 2.45) is 0 Å². The van der Waals surface area contributed by atoms with Crippen molar-refractivity contribution in [3.63, 3.8) is 0 Å². The molecule has 0 aliphatic carbocycles. The van der Waals surface area contributed by atoms with Crippen LogP contribution in [-0.4, -0.2) is 12.2 Å². The average Bonchev–Trinajstić information content (AvgIpc) is 1.95. The van der Waals surface area contributed by atoms with Crippen LogP contribution in [0.3, 0.4) is 0 Å². The maximum Gasteiger partial charge on any atom is 0.360 e. The summed E-state index contributed by atoms with van der Waals surface area (Å²) in [4.78, 5) is 10.6. The number of nitrogens with one attached hydrogen (secondary N) is 1. The molecule has 0 aromatic carbocycles. The third kappa shape index (κ3) is 1.27. The van der Waals surface area contributed by atoms with Gasteiger partial charge in [0.2, 0.25) is 5.88 Å². The van der Waals surface area contributed by atoms with Crippen LogP contribution in [0, 0.1) is 4.91 Å². The normalized spacial score (nSPS) is 9.40. The Morgan fingerprint density at radius 3 is 2.90 bits per heavy atom. The van der Waals surface area contributed by atoms with Gasteiger partial charge in [0.05, 0.1) is 12.0 Å². The predicted molar refractivity (Wildman–Crippen MR) is 35.7 cm³/mol. The standard InChI is InChI=1S/C5H6ClN2O2/c1-10-5-3-2-4(6)8(9)7-5/h2-3H,1H3,(H,7,9)/q+1. The molecule has 0 aliphatic heterocycles. The molecule has 0 radical (unpaired) electrons. The number of aromatic amines is 1. The van der Waals surface area contributed by atoms with Gasteiger partial charge >= 0.3 is 5.15 Å². The fraction of sp³-hybridized carbons (Fsp3) is 0.200. The van der Waals surface area contributed by atoms with Crippen molar-refractivity contribution >= 4 is 11.6 Å². The van der Waals surface area contributed by atoms with Gasteiger partial charge in [-0.15, -0.1) is 0 Å².